The lowest BCUT2D eigenvalue weighted by molar-refractivity contribution is -0.902. The van der Waals surface area contributed by atoms with Crippen LogP contribution in [0.2, 0.25) is 0 Å². The highest BCUT2D eigenvalue weighted by Crippen LogP contribution is 2.21. The highest BCUT2D eigenvalue weighted by atomic mass is 16.2. The monoisotopic (exact) mass is 379 g/mol. The molecule has 3 N–H and O–H groups in total. The third-order valence-electron chi connectivity index (χ3n) is 5.16. The largest absolute Gasteiger partial charge is 0.321 e. The highest BCUT2D eigenvalue weighted by Gasteiger charge is 2.22. The summed E-state index contributed by atoms with van der Waals surface area (Å²) in [5, 5.41) is 3.60. The summed E-state index contributed by atoms with van der Waals surface area (Å²) < 4.78 is 0. The number of aryl methyl sites for hydroxylation is 3. The Kier molecular flexibility index (Phi) is 5.61. The van der Waals surface area contributed by atoms with E-state index in [0.29, 0.717) is 16.7 Å². The van der Waals surface area contributed by atoms with E-state index in [9.17, 15) is 9.59 Å². The van der Waals surface area contributed by atoms with Crippen LogP contribution < -0.4 is 15.8 Å². The number of likely N-dealkylation sites (N-methyl/N-ethyl adjacent to an activating group) is 1. The number of carbonyl (C=O) groups is 1. The van der Waals surface area contributed by atoms with E-state index < -0.39 is 0 Å². The van der Waals surface area contributed by atoms with Crippen molar-refractivity contribution in [3.8, 4) is 0 Å². The van der Waals surface area contributed by atoms with Gasteiger partial charge in [0.05, 0.1) is 18.0 Å². The zero-order valence-electron chi connectivity index (χ0n) is 17.0. The van der Waals surface area contributed by atoms with Crippen molar-refractivity contribution in [1.82, 2.24) is 9.97 Å². The van der Waals surface area contributed by atoms with Gasteiger partial charge in [0.25, 0.3) is 11.5 Å². The first-order valence-corrected chi connectivity index (χ1v) is 9.45. The Morgan fingerprint density at radius 1 is 1.18 bits per heavy atom. The molecule has 0 saturated carbocycles. The minimum atomic E-state index is -0.157. The van der Waals surface area contributed by atoms with Crippen molar-refractivity contribution < 1.29 is 9.69 Å². The molecule has 1 unspecified atom stereocenters. The van der Waals surface area contributed by atoms with Crippen molar-refractivity contribution in [2.24, 2.45) is 0 Å². The Balaban J connectivity index is 1.75. The number of benzene rings is 2. The normalized spacial score (nSPS) is 13.3. The smallest absolute Gasteiger partial charge is 0.279 e. The molecule has 3 aromatic rings. The van der Waals surface area contributed by atoms with Gasteiger partial charge >= 0.3 is 0 Å². The van der Waals surface area contributed by atoms with Gasteiger partial charge in [-0.05, 0) is 51.0 Å². The highest BCUT2D eigenvalue weighted by molar-refractivity contribution is 5.93. The number of aromatic nitrogens is 2. The maximum Gasteiger partial charge on any atom is 0.279 e. The number of hydrogen-bond donors (Lipinski definition) is 3. The number of quaternary nitrogens is 1. The second kappa shape index (κ2) is 7.94. The van der Waals surface area contributed by atoms with Crippen molar-refractivity contribution in [3.63, 3.8) is 0 Å². The fraction of sp³-hybridized carbons (Fsp3) is 0.318. The molecule has 146 valence electrons. The van der Waals surface area contributed by atoms with E-state index in [0.717, 1.165) is 21.7 Å². The van der Waals surface area contributed by atoms with Gasteiger partial charge in [-0.2, -0.15) is 0 Å². The SMILES string of the molecule is Cc1cc(C)c(NC(=O)C[NH+](C)[C@@H](C)c2nc3ccccc3c(=O)[nH]2)c(C)c1. The summed E-state index contributed by atoms with van der Waals surface area (Å²) in [6.07, 6.45) is 0. The number of rotatable bonds is 5. The molecule has 1 heterocycles. The number of H-pyrrole nitrogens is 1. The Morgan fingerprint density at radius 3 is 2.50 bits per heavy atom. The molecule has 0 bridgehead atoms. The third-order valence-corrected chi connectivity index (χ3v) is 5.16. The van der Waals surface area contributed by atoms with E-state index in [1.807, 2.05) is 52.9 Å². The average Bonchev–Trinajstić information content (AvgIpc) is 2.64. The molecular formula is C22H27N4O2+. The van der Waals surface area contributed by atoms with E-state index in [1.165, 1.54) is 5.56 Å². The van der Waals surface area contributed by atoms with Gasteiger partial charge in [-0.3, -0.25) is 9.59 Å². The van der Waals surface area contributed by atoms with E-state index in [4.69, 9.17) is 0 Å². The number of fused-ring (bicyclic) bond motifs is 1. The minimum absolute atomic E-state index is 0.0671. The topological polar surface area (TPSA) is 79.3 Å². The molecular weight excluding hydrogens is 352 g/mol. The van der Waals surface area contributed by atoms with Crippen LogP contribution in [0.25, 0.3) is 10.9 Å². The van der Waals surface area contributed by atoms with Gasteiger partial charge in [0, 0.05) is 5.69 Å². The summed E-state index contributed by atoms with van der Waals surface area (Å²) in [4.78, 5) is 33.3. The average molecular weight is 379 g/mol. The minimum Gasteiger partial charge on any atom is -0.321 e. The molecule has 6 nitrogen and oxygen atoms in total. The van der Waals surface area contributed by atoms with Gasteiger partial charge in [0.2, 0.25) is 0 Å². The Bertz CT molecular complexity index is 1060. The van der Waals surface area contributed by atoms with Crippen LogP contribution in [0.1, 0.15) is 35.5 Å². The number of amides is 1. The number of hydrogen-bond acceptors (Lipinski definition) is 3. The summed E-state index contributed by atoms with van der Waals surface area (Å²) in [7, 11) is 1.92. The lowest BCUT2D eigenvalue weighted by Gasteiger charge is -2.21. The fourth-order valence-electron chi connectivity index (χ4n) is 3.51. The molecule has 0 aliphatic carbocycles. The van der Waals surface area contributed by atoms with Gasteiger partial charge in [-0.1, -0.05) is 29.8 Å². The predicted molar refractivity (Wildman–Crippen MR) is 112 cm³/mol. The van der Waals surface area contributed by atoms with E-state index in [-0.39, 0.29) is 24.1 Å². The molecule has 6 heteroatoms. The molecule has 0 fully saturated rings. The maximum absolute atomic E-state index is 12.6. The second-order valence-corrected chi connectivity index (χ2v) is 7.54. The van der Waals surface area contributed by atoms with Crippen molar-refractivity contribution in [1.29, 1.82) is 0 Å². The zero-order chi connectivity index (χ0) is 20.4. The number of nitrogens with zero attached hydrogens (tertiary/aromatic N) is 1. The summed E-state index contributed by atoms with van der Waals surface area (Å²) in [6, 6.07) is 11.2. The molecule has 0 radical (unpaired) electrons. The molecule has 1 amide bonds. The quantitative estimate of drug-likeness (QED) is 0.635. The number of anilines is 1. The van der Waals surface area contributed by atoms with Crippen LogP contribution in [0.3, 0.4) is 0 Å². The van der Waals surface area contributed by atoms with E-state index >= 15 is 0 Å². The Hall–Kier alpha value is -2.99. The van der Waals surface area contributed by atoms with Crippen molar-refractivity contribution >= 4 is 22.5 Å². The van der Waals surface area contributed by atoms with Gasteiger partial charge in [0.1, 0.15) is 6.04 Å². The standard InChI is InChI=1S/C22H26N4O2/c1-13-10-14(2)20(15(3)11-13)24-19(27)12-26(5)16(4)21-23-18-9-7-6-8-17(18)22(28)25-21/h6-11,16H,12H2,1-5H3,(H,24,27)(H,23,25,28)/p+1/t16-/m0/s1. The van der Waals surface area contributed by atoms with Crippen molar-refractivity contribution in [2.45, 2.75) is 33.7 Å². The summed E-state index contributed by atoms with van der Waals surface area (Å²) in [5.41, 5.74) is 4.66. The number of para-hydroxylation sites is 1. The molecule has 0 saturated heterocycles. The van der Waals surface area contributed by atoms with Crippen LogP contribution in [-0.4, -0.2) is 29.5 Å². The first-order chi connectivity index (χ1) is 13.3. The van der Waals surface area contributed by atoms with Gasteiger partial charge in [0.15, 0.2) is 12.4 Å². The van der Waals surface area contributed by atoms with E-state index in [2.05, 4.69) is 27.4 Å². The lowest BCUT2D eigenvalue weighted by atomic mass is 10.1. The number of carbonyl (C=O) groups excluding carboxylic acids is 1. The molecule has 3 rings (SSSR count). The first kappa shape index (κ1) is 19.8. The van der Waals surface area contributed by atoms with Crippen LogP contribution in [0, 0.1) is 20.8 Å². The third kappa shape index (κ3) is 4.12. The summed E-state index contributed by atoms with van der Waals surface area (Å²) >= 11 is 0. The number of nitrogens with one attached hydrogen (secondary N) is 3. The molecule has 2 aromatic carbocycles. The van der Waals surface area contributed by atoms with Gasteiger partial charge < -0.3 is 15.2 Å². The number of aromatic amines is 1. The first-order valence-electron chi connectivity index (χ1n) is 9.45. The Morgan fingerprint density at radius 2 is 1.82 bits per heavy atom. The second-order valence-electron chi connectivity index (χ2n) is 7.54. The summed E-state index contributed by atoms with van der Waals surface area (Å²) in [6.45, 7) is 8.27. The maximum atomic E-state index is 12.6. The molecule has 2 atom stereocenters. The van der Waals surface area contributed by atoms with Crippen molar-refractivity contribution in [2.75, 3.05) is 18.9 Å². The molecule has 1 aromatic heterocycles. The Labute approximate surface area is 164 Å². The van der Waals surface area contributed by atoms with E-state index in [1.54, 1.807) is 6.07 Å². The van der Waals surface area contributed by atoms with Crippen molar-refractivity contribution in [3.05, 3.63) is 69.3 Å². The molecule has 0 spiro atoms. The van der Waals surface area contributed by atoms with Crippen LogP contribution in [-0.2, 0) is 4.79 Å². The van der Waals surface area contributed by atoms with Gasteiger partial charge in [-0.25, -0.2) is 4.98 Å². The molecule has 0 aliphatic rings. The van der Waals surface area contributed by atoms with Crippen LogP contribution in [0.5, 0.6) is 0 Å². The molecule has 28 heavy (non-hydrogen) atoms. The molecule has 0 aliphatic heterocycles. The zero-order valence-corrected chi connectivity index (χ0v) is 17.0. The predicted octanol–water partition coefficient (Wildman–Crippen LogP) is 2.06. The van der Waals surface area contributed by atoms with Crippen LogP contribution >= 0.6 is 0 Å². The van der Waals surface area contributed by atoms with Crippen LogP contribution in [0.15, 0.2) is 41.2 Å². The van der Waals surface area contributed by atoms with Gasteiger partial charge in [-0.15, -0.1) is 0 Å². The lowest BCUT2D eigenvalue weighted by Crippen LogP contribution is -3.10. The summed E-state index contributed by atoms with van der Waals surface area (Å²) in [5.74, 6) is 0.513. The van der Waals surface area contributed by atoms with Crippen LogP contribution in [0.4, 0.5) is 5.69 Å². The fourth-order valence-corrected chi connectivity index (χ4v) is 3.51.